The lowest BCUT2D eigenvalue weighted by molar-refractivity contribution is -0.139. The van der Waals surface area contributed by atoms with Crippen molar-refractivity contribution in [2.75, 3.05) is 13.1 Å². The molecule has 5 nitrogen and oxygen atoms in total. The molecule has 1 amide bonds. The smallest absolute Gasteiger partial charge is 0.416 e. The first-order valence-electron chi connectivity index (χ1n) is 12.4. The first-order valence-corrected chi connectivity index (χ1v) is 12.4. The van der Waals surface area contributed by atoms with E-state index in [-0.39, 0.29) is 11.7 Å². The summed E-state index contributed by atoms with van der Waals surface area (Å²) in [5.41, 5.74) is -0.448. The van der Waals surface area contributed by atoms with Gasteiger partial charge in [0.25, 0.3) is 0 Å². The monoisotopic (exact) mass is 488 g/mol. The maximum absolute atomic E-state index is 13.6. The van der Waals surface area contributed by atoms with Crippen molar-refractivity contribution in [1.82, 2.24) is 9.80 Å². The van der Waals surface area contributed by atoms with E-state index in [2.05, 4.69) is 9.80 Å². The quantitative estimate of drug-likeness (QED) is 0.615. The Hall–Kier alpha value is -2.58. The van der Waals surface area contributed by atoms with Crippen LogP contribution < -0.4 is 4.74 Å². The summed E-state index contributed by atoms with van der Waals surface area (Å²) in [6.07, 6.45) is 1.95. The van der Waals surface area contributed by atoms with Crippen LogP contribution in [0.1, 0.15) is 56.1 Å². The first-order chi connectivity index (χ1) is 16.7. The van der Waals surface area contributed by atoms with Gasteiger partial charge in [-0.05, 0) is 55.2 Å². The van der Waals surface area contributed by atoms with E-state index in [1.165, 1.54) is 31.4 Å². The van der Waals surface area contributed by atoms with Crippen molar-refractivity contribution in [2.45, 2.75) is 75.4 Å². The third-order valence-electron chi connectivity index (χ3n) is 7.74. The summed E-state index contributed by atoms with van der Waals surface area (Å²) >= 11 is 0. The average molecular weight is 489 g/mol. The van der Waals surface area contributed by atoms with Crippen LogP contribution in [0.2, 0.25) is 0 Å². The van der Waals surface area contributed by atoms with Crippen molar-refractivity contribution in [3.05, 3.63) is 59.7 Å². The molecule has 2 heterocycles. The van der Waals surface area contributed by atoms with Crippen LogP contribution in [0.4, 0.5) is 13.2 Å². The van der Waals surface area contributed by atoms with Crippen LogP contribution in [0.3, 0.4) is 0 Å². The van der Waals surface area contributed by atoms with Gasteiger partial charge in [-0.2, -0.15) is 13.2 Å². The van der Waals surface area contributed by atoms with Crippen molar-refractivity contribution >= 4 is 5.91 Å². The van der Waals surface area contributed by atoms with Crippen molar-refractivity contribution in [3.8, 4) is 11.5 Å². The zero-order chi connectivity index (χ0) is 24.6. The molecule has 1 spiro atoms. The molecule has 8 heteroatoms. The number of alkyl halides is 3. The lowest BCUT2D eigenvalue weighted by atomic mass is 9.91. The van der Waals surface area contributed by atoms with Crippen LogP contribution in [-0.2, 0) is 17.5 Å². The molecule has 2 saturated heterocycles. The molecule has 2 aromatic rings. The van der Waals surface area contributed by atoms with Crippen LogP contribution in [0, 0.1) is 0 Å². The summed E-state index contributed by atoms with van der Waals surface area (Å²) in [4.78, 5) is 17.8. The number of hydrogen-bond acceptors (Lipinski definition) is 4. The van der Waals surface area contributed by atoms with Gasteiger partial charge in [0.1, 0.15) is 17.0 Å². The molecule has 5 rings (SSSR count). The molecule has 188 valence electrons. The van der Waals surface area contributed by atoms with E-state index >= 15 is 0 Å². The summed E-state index contributed by atoms with van der Waals surface area (Å²) in [5.74, 6) is 0.712. The highest BCUT2D eigenvalue weighted by atomic mass is 19.4. The predicted molar refractivity (Wildman–Crippen MR) is 125 cm³/mol. The second-order valence-electron chi connectivity index (χ2n) is 10.1. The van der Waals surface area contributed by atoms with E-state index in [0.717, 1.165) is 43.5 Å². The first kappa shape index (κ1) is 24.1. The van der Waals surface area contributed by atoms with E-state index in [1.54, 1.807) is 12.1 Å². The van der Waals surface area contributed by atoms with E-state index in [1.807, 2.05) is 12.1 Å². The molecule has 2 atom stereocenters. The van der Waals surface area contributed by atoms with Gasteiger partial charge in [-0.15, -0.1) is 0 Å². The third kappa shape index (κ3) is 4.91. The maximum atomic E-state index is 13.6. The fourth-order valence-corrected chi connectivity index (χ4v) is 5.99. The molecular weight excluding hydrogens is 457 g/mol. The number of aliphatic hydroxyl groups is 1. The molecule has 2 aromatic carbocycles. The van der Waals surface area contributed by atoms with Gasteiger partial charge in [-0.3, -0.25) is 9.69 Å². The SMILES string of the molecule is O=C1N(C2CCCCC2)CCC12C[C@@H](O)CN2Cc1ccc(Oc2cccc(C(F)(F)F)c2)cc1. The molecule has 35 heavy (non-hydrogen) atoms. The minimum absolute atomic E-state index is 0.119. The molecule has 2 aliphatic heterocycles. The Morgan fingerprint density at radius 3 is 2.49 bits per heavy atom. The van der Waals surface area contributed by atoms with Crippen molar-refractivity contribution < 1.29 is 27.8 Å². The number of ether oxygens (including phenoxy) is 1. The van der Waals surface area contributed by atoms with Crippen LogP contribution >= 0.6 is 0 Å². The molecule has 0 bridgehead atoms. The minimum atomic E-state index is -4.43. The fraction of sp³-hybridized carbons (Fsp3) is 0.519. The Kier molecular flexibility index (Phi) is 6.53. The highest BCUT2D eigenvalue weighted by Gasteiger charge is 2.56. The average Bonchev–Trinajstić information content (AvgIpc) is 3.34. The van der Waals surface area contributed by atoms with E-state index < -0.39 is 23.4 Å². The number of benzene rings is 2. The topological polar surface area (TPSA) is 53.0 Å². The summed E-state index contributed by atoms with van der Waals surface area (Å²) in [5, 5.41) is 10.5. The fourth-order valence-electron chi connectivity index (χ4n) is 5.99. The van der Waals surface area contributed by atoms with Crippen LogP contribution in [0.5, 0.6) is 11.5 Å². The summed E-state index contributed by atoms with van der Waals surface area (Å²) in [7, 11) is 0. The number of β-amino-alcohol motifs (C(OH)–C–C–N with tert-alkyl or cyclic N) is 1. The number of hydrogen-bond donors (Lipinski definition) is 1. The van der Waals surface area contributed by atoms with Crippen LogP contribution in [-0.4, -0.2) is 51.6 Å². The molecular formula is C27H31F3N2O3. The van der Waals surface area contributed by atoms with Gasteiger partial charge in [0.15, 0.2) is 0 Å². The summed E-state index contributed by atoms with van der Waals surface area (Å²) in [6.45, 7) is 1.72. The molecule has 0 radical (unpaired) electrons. The van der Waals surface area contributed by atoms with E-state index in [4.69, 9.17) is 4.74 Å². The molecule has 1 aliphatic carbocycles. The second kappa shape index (κ2) is 9.47. The Bertz CT molecular complexity index is 1050. The Morgan fingerprint density at radius 1 is 1.03 bits per heavy atom. The summed E-state index contributed by atoms with van der Waals surface area (Å²) < 4.78 is 44.5. The standard InChI is InChI=1S/C27H31F3N2O3/c28-27(29,30)20-5-4-8-24(15-20)35-23-11-9-19(10-12-23)17-31-18-22(33)16-26(31)13-14-32(25(26)34)21-6-2-1-3-7-21/h4-5,8-12,15,21-22,33H,1-3,6-7,13-14,16-18H2/t22-,26?/m1/s1. The Labute approximate surface area is 203 Å². The maximum Gasteiger partial charge on any atom is 0.416 e. The van der Waals surface area contributed by atoms with Gasteiger partial charge in [0.2, 0.25) is 5.91 Å². The number of halogens is 3. The van der Waals surface area contributed by atoms with Gasteiger partial charge in [-0.25, -0.2) is 0 Å². The lowest BCUT2D eigenvalue weighted by Gasteiger charge is -2.36. The number of aliphatic hydroxyl groups excluding tert-OH is 1. The molecule has 1 saturated carbocycles. The highest BCUT2D eigenvalue weighted by Crippen LogP contribution is 2.42. The molecule has 3 fully saturated rings. The normalized spacial score (nSPS) is 26.1. The van der Waals surface area contributed by atoms with Gasteiger partial charge >= 0.3 is 6.18 Å². The number of nitrogens with zero attached hydrogens (tertiary/aromatic N) is 2. The number of carbonyl (C=O) groups excluding carboxylic acids is 1. The van der Waals surface area contributed by atoms with E-state index in [9.17, 15) is 23.1 Å². The van der Waals surface area contributed by atoms with E-state index in [0.29, 0.717) is 31.3 Å². The van der Waals surface area contributed by atoms with Crippen molar-refractivity contribution in [1.29, 1.82) is 0 Å². The molecule has 3 aliphatic rings. The van der Waals surface area contributed by atoms with Gasteiger partial charge < -0.3 is 14.7 Å². The van der Waals surface area contributed by atoms with Crippen molar-refractivity contribution in [3.63, 3.8) is 0 Å². The van der Waals surface area contributed by atoms with Gasteiger partial charge in [0, 0.05) is 32.1 Å². The third-order valence-corrected chi connectivity index (χ3v) is 7.74. The zero-order valence-electron chi connectivity index (χ0n) is 19.6. The number of carbonyl (C=O) groups is 1. The minimum Gasteiger partial charge on any atom is -0.457 e. The highest BCUT2D eigenvalue weighted by molar-refractivity contribution is 5.89. The number of amides is 1. The molecule has 1 N–H and O–H groups in total. The van der Waals surface area contributed by atoms with Gasteiger partial charge in [0.05, 0.1) is 11.7 Å². The predicted octanol–water partition coefficient (Wildman–Crippen LogP) is 5.37. The Balaban J connectivity index is 1.27. The van der Waals surface area contributed by atoms with Gasteiger partial charge in [-0.1, -0.05) is 37.5 Å². The largest absolute Gasteiger partial charge is 0.457 e. The Morgan fingerprint density at radius 2 is 1.77 bits per heavy atom. The molecule has 0 aromatic heterocycles. The van der Waals surface area contributed by atoms with Crippen molar-refractivity contribution in [2.24, 2.45) is 0 Å². The number of likely N-dealkylation sites (tertiary alicyclic amines) is 2. The van der Waals surface area contributed by atoms with Crippen LogP contribution in [0.15, 0.2) is 48.5 Å². The number of rotatable bonds is 5. The second-order valence-corrected chi connectivity index (χ2v) is 10.1. The molecule has 1 unspecified atom stereocenters. The zero-order valence-corrected chi connectivity index (χ0v) is 19.6. The lowest BCUT2D eigenvalue weighted by Crippen LogP contribution is -2.51. The summed E-state index contributed by atoms with van der Waals surface area (Å²) in [6, 6.07) is 12.3. The van der Waals surface area contributed by atoms with Crippen LogP contribution in [0.25, 0.3) is 0 Å².